The fourth-order valence-electron chi connectivity index (χ4n) is 2.79. The van der Waals surface area contributed by atoms with Gasteiger partial charge in [-0.15, -0.1) is 0 Å². The van der Waals surface area contributed by atoms with Gasteiger partial charge in [0.05, 0.1) is 6.10 Å². The van der Waals surface area contributed by atoms with Gasteiger partial charge in [-0.2, -0.15) is 0 Å². The molecule has 2 atom stereocenters. The molecule has 1 aromatic carbocycles. The third kappa shape index (κ3) is 3.15. The molecule has 0 saturated heterocycles. The molecule has 2 aromatic rings. The molecule has 1 saturated carbocycles. The van der Waals surface area contributed by atoms with Crippen molar-refractivity contribution in [2.45, 2.75) is 25.4 Å². The number of benzene rings is 1. The quantitative estimate of drug-likeness (QED) is 0.908. The maximum Gasteiger partial charge on any atom is 0.256 e. The summed E-state index contributed by atoms with van der Waals surface area (Å²) in [7, 11) is 0. The molecule has 2 N–H and O–H groups in total. The van der Waals surface area contributed by atoms with Crippen molar-refractivity contribution >= 4 is 17.5 Å². The molecule has 1 amide bonds. The Morgan fingerprint density at radius 2 is 2.14 bits per heavy atom. The number of aromatic nitrogens is 1. The minimum atomic E-state index is -0.321. The van der Waals surface area contributed by atoms with Gasteiger partial charge in [0.1, 0.15) is 17.5 Å². The van der Waals surface area contributed by atoms with E-state index in [1.165, 1.54) is 6.26 Å². The Hall–Kier alpha value is -1.85. The average Bonchev–Trinajstić information content (AvgIpc) is 3.15. The fourth-order valence-corrected chi connectivity index (χ4v) is 2.91. The summed E-state index contributed by atoms with van der Waals surface area (Å²) in [4.78, 5) is 12.3. The Balaban J connectivity index is 1.71. The first-order valence-electron chi connectivity index (χ1n) is 7.31. The van der Waals surface area contributed by atoms with Crippen molar-refractivity contribution in [3.05, 3.63) is 41.1 Å². The highest BCUT2D eigenvalue weighted by atomic mass is 35.5. The van der Waals surface area contributed by atoms with Crippen molar-refractivity contribution in [3.63, 3.8) is 0 Å². The Labute approximate surface area is 133 Å². The lowest BCUT2D eigenvalue weighted by atomic mass is 10.1. The lowest BCUT2D eigenvalue weighted by Gasteiger charge is -2.14. The number of hydrogen-bond acceptors (Lipinski definition) is 4. The number of nitrogens with one attached hydrogen (secondary N) is 1. The highest BCUT2D eigenvalue weighted by molar-refractivity contribution is 6.30. The number of nitrogens with zero attached hydrogens (tertiary/aromatic N) is 1. The molecule has 0 spiro atoms. The number of amides is 1. The molecule has 2 unspecified atom stereocenters. The van der Waals surface area contributed by atoms with Gasteiger partial charge in [-0.1, -0.05) is 35.3 Å². The molecular formula is C16H17ClN2O3. The van der Waals surface area contributed by atoms with Crippen LogP contribution in [-0.4, -0.2) is 28.8 Å². The summed E-state index contributed by atoms with van der Waals surface area (Å²) in [6, 6.07) is 7.06. The lowest BCUT2D eigenvalue weighted by Crippen LogP contribution is -2.32. The topological polar surface area (TPSA) is 75.4 Å². The van der Waals surface area contributed by atoms with E-state index in [-0.39, 0.29) is 17.9 Å². The van der Waals surface area contributed by atoms with Gasteiger partial charge in [0, 0.05) is 23.0 Å². The van der Waals surface area contributed by atoms with Gasteiger partial charge < -0.3 is 14.9 Å². The Morgan fingerprint density at radius 3 is 2.82 bits per heavy atom. The van der Waals surface area contributed by atoms with Crippen LogP contribution in [0.3, 0.4) is 0 Å². The summed E-state index contributed by atoms with van der Waals surface area (Å²) in [6.07, 6.45) is 3.77. The van der Waals surface area contributed by atoms with E-state index in [1.54, 1.807) is 24.3 Å². The van der Waals surface area contributed by atoms with Gasteiger partial charge in [0.15, 0.2) is 0 Å². The Bertz CT molecular complexity index is 654. The van der Waals surface area contributed by atoms with E-state index in [9.17, 15) is 9.90 Å². The number of aliphatic hydroxyl groups excluding tert-OH is 1. The first-order valence-corrected chi connectivity index (χ1v) is 7.69. The number of hydrogen-bond donors (Lipinski definition) is 2. The predicted octanol–water partition coefficient (Wildman–Crippen LogP) is 2.89. The van der Waals surface area contributed by atoms with Crippen LogP contribution in [0.1, 0.15) is 29.6 Å². The third-order valence-corrected chi connectivity index (χ3v) is 4.33. The van der Waals surface area contributed by atoms with E-state index in [0.29, 0.717) is 22.8 Å². The van der Waals surface area contributed by atoms with E-state index in [2.05, 4.69) is 10.5 Å². The van der Waals surface area contributed by atoms with Crippen molar-refractivity contribution in [1.29, 1.82) is 0 Å². The highest BCUT2D eigenvalue weighted by Gasteiger charge is 2.26. The first kappa shape index (κ1) is 15.1. The molecular weight excluding hydrogens is 304 g/mol. The van der Waals surface area contributed by atoms with Crippen molar-refractivity contribution < 1.29 is 14.4 Å². The van der Waals surface area contributed by atoms with Gasteiger partial charge in [-0.25, -0.2) is 0 Å². The number of aliphatic hydroxyl groups is 1. The van der Waals surface area contributed by atoms with E-state index >= 15 is 0 Å². The minimum absolute atomic E-state index is 0.128. The molecule has 0 radical (unpaired) electrons. The summed E-state index contributed by atoms with van der Waals surface area (Å²) in [5.41, 5.74) is 1.64. The van der Waals surface area contributed by atoms with E-state index < -0.39 is 0 Å². The smallest absolute Gasteiger partial charge is 0.256 e. The zero-order valence-electron chi connectivity index (χ0n) is 12.0. The third-order valence-electron chi connectivity index (χ3n) is 4.08. The Kier molecular flexibility index (Phi) is 4.45. The fraction of sp³-hybridized carbons (Fsp3) is 0.375. The molecule has 1 fully saturated rings. The maximum absolute atomic E-state index is 12.3. The van der Waals surface area contributed by atoms with Gasteiger partial charge in [0.25, 0.3) is 5.91 Å². The monoisotopic (exact) mass is 320 g/mol. The standard InChI is InChI=1S/C16H17ClN2O3/c17-12-6-4-10(5-7-12)15-13(9-22-19-15)16(21)18-8-11-2-1-3-14(11)20/h4-7,9,11,14,20H,1-3,8H2,(H,18,21). The SMILES string of the molecule is O=C(NCC1CCCC1O)c1conc1-c1ccc(Cl)cc1. The van der Waals surface area contributed by atoms with Crippen LogP contribution in [0.5, 0.6) is 0 Å². The van der Waals surface area contributed by atoms with E-state index in [4.69, 9.17) is 16.1 Å². The second-order valence-corrected chi connectivity index (χ2v) is 5.99. The molecule has 1 aliphatic rings. The maximum atomic E-state index is 12.3. The van der Waals surface area contributed by atoms with Crippen LogP contribution < -0.4 is 5.32 Å². The average molecular weight is 321 g/mol. The second kappa shape index (κ2) is 6.50. The van der Waals surface area contributed by atoms with Gasteiger partial charge in [-0.3, -0.25) is 4.79 Å². The number of carbonyl (C=O) groups is 1. The molecule has 0 aliphatic heterocycles. The molecule has 1 aliphatic carbocycles. The molecule has 3 rings (SSSR count). The number of halogens is 1. The first-order chi connectivity index (χ1) is 10.6. The summed E-state index contributed by atoms with van der Waals surface area (Å²) in [5, 5.41) is 17.2. The summed E-state index contributed by atoms with van der Waals surface area (Å²) in [6.45, 7) is 0.464. The van der Waals surface area contributed by atoms with Crippen LogP contribution >= 0.6 is 11.6 Å². The van der Waals surface area contributed by atoms with Crippen LogP contribution in [0.25, 0.3) is 11.3 Å². The molecule has 1 heterocycles. The van der Waals surface area contributed by atoms with Crippen molar-refractivity contribution in [3.8, 4) is 11.3 Å². The summed E-state index contributed by atoms with van der Waals surface area (Å²) >= 11 is 5.86. The van der Waals surface area contributed by atoms with Crippen LogP contribution in [-0.2, 0) is 0 Å². The van der Waals surface area contributed by atoms with Crippen LogP contribution in [0.2, 0.25) is 5.02 Å². The predicted molar refractivity (Wildman–Crippen MR) is 82.6 cm³/mol. The Morgan fingerprint density at radius 1 is 1.36 bits per heavy atom. The molecule has 6 heteroatoms. The minimum Gasteiger partial charge on any atom is -0.393 e. The zero-order chi connectivity index (χ0) is 15.5. The van der Waals surface area contributed by atoms with Crippen LogP contribution in [0.4, 0.5) is 0 Å². The van der Waals surface area contributed by atoms with Crippen LogP contribution in [0, 0.1) is 5.92 Å². The van der Waals surface area contributed by atoms with Crippen molar-refractivity contribution in [2.24, 2.45) is 5.92 Å². The van der Waals surface area contributed by atoms with Gasteiger partial charge in [-0.05, 0) is 25.0 Å². The van der Waals surface area contributed by atoms with E-state index in [1.807, 2.05) is 0 Å². The molecule has 116 valence electrons. The lowest BCUT2D eigenvalue weighted by molar-refractivity contribution is 0.0917. The summed E-state index contributed by atoms with van der Waals surface area (Å²) in [5.74, 6) is -0.118. The molecule has 0 bridgehead atoms. The molecule has 22 heavy (non-hydrogen) atoms. The zero-order valence-corrected chi connectivity index (χ0v) is 12.7. The van der Waals surface area contributed by atoms with Crippen molar-refractivity contribution in [1.82, 2.24) is 10.5 Å². The highest BCUT2D eigenvalue weighted by Crippen LogP contribution is 2.26. The molecule has 1 aromatic heterocycles. The molecule has 5 nitrogen and oxygen atoms in total. The van der Waals surface area contributed by atoms with Crippen molar-refractivity contribution in [2.75, 3.05) is 6.54 Å². The summed E-state index contributed by atoms with van der Waals surface area (Å²) < 4.78 is 4.95. The normalized spacial score (nSPS) is 21.0. The largest absolute Gasteiger partial charge is 0.393 e. The van der Waals surface area contributed by atoms with Crippen LogP contribution in [0.15, 0.2) is 35.1 Å². The number of carbonyl (C=O) groups excluding carboxylic acids is 1. The van der Waals surface area contributed by atoms with Gasteiger partial charge in [0.2, 0.25) is 0 Å². The second-order valence-electron chi connectivity index (χ2n) is 5.55. The van der Waals surface area contributed by atoms with Gasteiger partial charge >= 0.3 is 0 Å². The number of rotatable bonds is 4. The van der Waals surface area contributed by atoms with E-state index in [0.717, 1.165) is 24.8 Å².